The summed E-state index contributed by atoms with van der Waals surface area (Å²) in [6, 6.07) is 13.0. The standard InChI is InChI=1S/C27H30O5/c1-3-4-5-6-7-8-15-30-20-11-9-19(10-12-20)22-17-25(29)31-23-14-13-21-18(2)16-24(28)32-27(21)26(22)23/h9-14,16,22H,3-8,15,17H2,1-2H3. The number of aryl methyl sites for hydroxylation is 1. The highest BCUT2D eigenvalue weighted by molar-refractivity contribution is 5.89. The lowest BCUT2D eigenvalue weighted by Gasteiger charge is -2.25. The first-order chi connectivity index (χ1) is 15.6. The van der Waals surface area contributed by atoms with Crippen LogP contribution in [0.5, 0.6) is 11.5 Å². The second-order valence-corrected chi connectivity index (χ2v) is 8.52. The molecular formula is C27H30O5. The molecule has 5 heteroatoms. The van der Waals surface area contributed by atoms with Gasteiger partial charge in [0.1, 0.15) is 17.1 Å². The van der Waals surface area contributed by atoms with Gasteiger partial charge in [-0.3, -0.25) is 4.79 Å². The normalized spacial score (nSPS) is 15.4. The minimum absolute atomic E-state index is 0.196. The third-order valence-corrected chi connectivity index (χ3v) is 6.11. The molecule has 0 saturated heterocycles. The van der Waals surface area contributed by atoms with Crippen molar-refractivity contribution in [3.8, 4) is 11.5 Å². The lowest BCUT2D eigenvalue weighted by Crippen LogP contribution is -2.21. The van der Waals surface area contributed by atoms with Crippen LogP contribution in [-0.4, -0.2) is 12.6 Å². The monoisotopic (exact) mass is 434 g/mol. The van der Waals surface area contributed by atoms with Crippen LogP contribution in [0.15, 0.2) is 51.7 Å². The van der Waals surface area contributed by atoms with E-state index < -0.39 is 5.63 Å². The summed E-state index contributed by atoms with van der Waals surface area (Å²) in [5.74, 6) is 0.741. The Kier molecular flexibility index (Phi) is 6.93. The smallest absolute Gasteiger partial charge is 0.336 e. The number of carbonyl (C=O) groups excluding carboxylic acids is 1. The fraction of sp³-hybridized carbons (Fsp3) is 0.407. The van der Waals surface area contributed by atoms with Crippen LogP contribution < -0.4 is 15.1 Å². The summed E-state index contributed by atoms with van der Waals surface area (Å²) in [6.07, 6.45) is 7.56. The zero-order chi connectivity index (χ0) is 22.5. The Morgan fingerprint density at radius 3 is 2.50 bits per heavy atom. The number of rotatable bonds is 9. The summed E-state index contributed by atoms with van der Waals surface area (Å²) < 4.78 is 16.9. The van der Waals surface area contributed by atoms with E-state index in [4.69, 9.17) is 13.9 Å². The highest BCUT2D eigenvalue weighted by Crippen LogP contribution is 2.43. The van der Waals surface area contributed by atoms with Gasteiger partial charge < -0.3 is 13.9 Å². The number of ether oxygens (including phenoxy) is 2. The second-order valence-electron chi connectivity index (χ2n) is 8.52. The zero-order valence-corrected chi connectivity index (χ0v) is 18.8. The van der Waals surface area contributed by atoms with Crippen molar-refractivity contribution in [3.63, 3.8) is 0 Å². The molecule has 0 bridgehead atoms. The van der Waals surface area contributed by atoms with Gasteiger partial charge in [-0.1, -0.05) is 51.2 Å². The van der Waals surface area contributed by atoms with Gasteiger partial charge in [-0.2, -0.15) is 0 Å². The highest BCUT2D eigenvalue weighted by Gasteiger charge is 2.31. The first kappa shape index (κ1) is 22.1. The third kappa shape index (κ3) is 4.87. The molecule has 0 spiro atoms. The Morgan fingerprint density at radius 1 is 0.969 bits per heavy atom. The fourth-order valence-electron chi connectivity index (χ4n) is 4.39. The lowest BCUT2D eigenvalue weighted by atomic mass is 9.85. The van der Waals surface area contributed by atoms with E-state index in [1.165, 1.54) is 38.2 Å². The number of carbonyl (C=O) groups is 1. The molecule has 0 saturated carbocycles. The molecule has 5 nitrogen and oxygen atoms in total. The summed E-state index contributed by atoms with van der Waals surface area (Å²) >= 11 is 0. The van der Waals surface area contributed by atoms with Crippen LogP contribution >= 0.6 is 0 Å². The van der Waals surface area contributed by atoms with Crippen LogP contribution in [0.1, 0.15) is 74.5 Å². The van der Waals surface area contributed by atoms with Gasteiger partial charge >= 0.3 is 11.6 Å². The summed E-state index contributed by atoms with van der Waals surface area (Å²) in [7, 11) is 0. The maximum atomic E-state index is 12.3. The van der Waals surface area contributed by atoms with Gasteiger partial charge in [-0.25, -0.2) is 4.79 Å². The Bertz CT molecular complexity index is 1140. The molecule has 4 rings (SSSR count). The Labute approximate surface area is 188 Å². The van der Waals surface area contributed by atoms with Gasteiger partial charge in [0.25, 0.3) is 0 Å². The Morgan fingerprint density at radius 2 is 1.72 bits per heavy atom. The lowest BCUT2D eigenvalue weighted by molar-refractivity contribution is -0.135. The molecule has 1 atom stereocenters. The highest BCUT2D eigenvalue weighted by atomic mass is 16.5. The van der Waals surface area contributed by atoms with E-state index in [2.05, 4.69) is 6.92 Å². The van der Waals surface area contributed by atoms with Gasteiger partial charge in [-0.05, 0) is 48.7 Å². The van der Waals surface area contributed by atoms with Gasteiger partial charge in [0.15, 0.2) is 0 Å². The van der Waals surface area contributed by atoms with Crippen LogP contribution in [0.25, 0.3) is 11.0 Å². The summed E-state index contributed by atoms with van der Waals surface area (Å²) in [4.78, 5) is 24.3. The SMILES string of the molecule is CCCCCCCCOc1ccc(C2CC(=O)Oc3ccc4c(C)cc(=O)oc4c32)cc1. The average Bonchev–Trinajstić information content (AvgIpc) is 2.78. The molecule has 1 unspecified atom stereocenters. The minimum atomic E-state index is -0.405. The molecule has 3 aromatic rings. The van der Waals surface area contributed by atoms with Crippen molar-refractivity contribution in [2.45, 2.75) is 64.7 Å². The largest absolute Gasteiger partial charge is 0.494 e. The predicted molar refractivity (Wildman–Crippen MR) is 125 cm³/mol. The van der Waals surface area contributed by atoms with Crippen molar-refractivity contribution in [2.24, 2.45) is 0 Å². The molecule has 2 aromatic carbocycles. The fourth-order valence-corrected chi connectivity index (χ4v) is 4.39. The van der Waals surface area contributed by atoms with Crippen molar-refractivity contribution in [2.75, 3.05) is 6.61 Å². The number of unbranched alkanes of at least 4 members (excludes halogenated alkanes) is 5. The number of hydrogen-bond donors (Lipinski definition) is 0. The Hall–Kier alpha value is -3.08. The average molecular weight is 435 g/mol. The van der Waals surface area contributed by atoms with Gasteiger partial charge in [0.2, 0.25) is 0 Å². The van der Waals surface area contributed by atoms with Crippen molar-refractivity contribution in [3.05, 3.63) is 69.6 Å². The van der Waals surface area contributed by atoms with Crippen molar-refractivity contribution < 1.29 is 18.7 Å². The maximum Gasteiger partial charge on any atom is 0.336 e. The molecule has 0 amide bonds. The number of hydrogen-bond acceptors (Lipinski definition) is 5. The topological polar surface area (TPSA) is 65.7 Å². The van der Waals surface area contributed by atoms with Gasteiger partial charge in [0, 0.05) is 22.9 Å². The van der Waals surface area contributed by atoms with Crippen molar-refractivity contribution in [1.82, 2.24) is 0 Å². The van der Waals surface area contributed by atoms with E-state index in [-0.39, 0.29) is 18.3 Å². The predicted octanol–water partition coefficient (Wildman–Crippen LogP) is 6.28. The van der Waals surface area contributed by atoms with Crippen LogP contribution in [0, 0.1) is 6.92 Å². The first-order valence-electron chi connectivity index (χ1n) is 11.6. The number of esters is 1. The molecule has 1 aliphatic rings. The van der Waals surface area contributed by atoms with E-state index >= 15 is 0 Å². The summed E-state index contributed by atoms with van der Waals surface area (Å²) in [5.41, 5.74) is 2.65. The summed E-state index contributed by atoms with van der Waals surface area (Å²) in [5, 5.41) is 0.852. The number of benzene rings is 2. The number of fused-ring (bicyclic) bond motifs is 3. The van der Waals surface area contributed by atoms with Crippen LogP contribution in [0.2, 0.25) is 0 Å². The van der Waals surface area contributed by atoms with Gasteiger partial charge in [-0.15, -0.1) is 0 Å². The van der Waals surface area contributed by atoms with E-state index in [1.54, 1.807) is 6.07 Å². The van der Waals surface area contributed by atoms with Crippen molar-refractivity contribution in [1.29, 1.82) is 0 Å². The zero-order valence-electron chi connectivity index (χ0n) is 18.8. The van der Waals surface area contributed by atoms with Crippen molar-refractivity contribution >= 4 is 16.9 Å². The van der Waals surface area contributed by atoms with Gasteiger partial charge in [0.05, 0.1) is 13.0 Å². The summed E-state index contributed by atoms with van der Waals surface area (Å²) in [6.45, 7) is 4.81. The van der Waals surface area contributed by atoms with E-state index in [9.17, 15) is 9.59 Å². The molecule has 1 aliphatic heterocycles. The molecular weight excluding hydrogens is 404 g/mol. The molecule has 2 heterocycles. The Balaban J connectivity index is 1.53. The van der Waals surface area contributed by atoms with Crippen LogP contribution in [0.4, 0.5) is 0 Å². The van der Waals surface area contributed by atoms with E-state index in [0.29, 0.717) is 17.9 Å². The molecule has 32 heavy (non-hydrogen) atoms. The molecule has 0 aliphatic carbocycles. The first-order valence-corrected chi connectivity index (χ1v) is 11.6. The van der Waals surface area contributed by atoms with Crippen LogP contribution in [-0.2, 0) is 4.79 Å². The molecule has 0 fully saturated rings. The third-order valence-electron chi connectivity index (χ3n) is 6.11. The minimum Gasteiger partial charge on any atom is -0.494 e. The molecule has 0 N–H and O–H groups in total. The van der Waals surface area contributed by atoms with E-state index in [1.807, 2.05) is 37.3 Å². The maximum absolute atomic E-state index is 12.3. The molecule has 0 radical (unpaired) electrons. The quantitative estimate of drug-likeness (QED) is 0.172. The molecule has 168 valence electrons. The van der Waals surface area contributed by atoms with Crippen LogP contribution in [0.3, 0.4) is 0 Å². The van der Waals surface area contributed by atoms with E-state index in [0.717, 1.165) is 34.2 Å². The second kappa shape index (κ2) is 10.0. The molecule has 1 aromatic heterocycles.